The Morgan fingerprint density at radius 2 is 2.05 bits per heavy atom. The molecular weight excluding hydrogens is 288 g/mol. The minimum atomic E-state index is -3.11. The fourth-order valence-corrected chi connectivity index (χ4v) is 3.19. The van der Waals surface area contributed by atoms with Crippen LogP contribution >= 0.6 is 0 Å². The van der Waals surface area contributed by atoms with Crippen LogP contribution in [0.25, 0.3) is 0 Å². The summed E-state index contributed by atoms with van der Waals surface area (Å²) in [5.41, 5.74) is 1.97. The first-order valence-corrected chi connectivity index (χ1v) is 9.08. The second-order valence-electron chi connectivity index (χ2n) is 5.35. The van der Waals surface area contributed by atoms with Crippen LogP contribution < -0.4 is 5.32 Å². The molecule has 0 aromatic heterocycles. The van der Waals surface area contributed by atoms with Crippen LogP contribution in [0.3, 0.4) is 0 Å². The summed E-state index contributed by atoms with van der Waals surface area (Å²) in [6, 6.07) is 5.56. The van der Waals surface area contributed by atoms with Gasteiger partial charge in [0.25, 0.3) is 0 Å². The Balaban J connectivity index is 2.47. The molecule has 0 amide bonds. The predicted octanol–water partition coefficient (Wildman–Crippen LogP) is 2.02. The van der Waals surface area contributed by atoms with E-state index in [1.165, 1.54) is 10.6 Å². The summed E-state index contributed by atoms with van der Waals surface area (Å²) in [7, 11) is -3.11. The van der Waals surface area contributed by atoms with Crippen LogP contribution in [0.5, 0.6) is 5.75 Å². The first-order chi connectivity index (χ1) is 9.75. The summed E-state index contributed by atoms with van der Waals surface area (Å²) in [4.78, 5) is 0. The first kappa shape index (κ1) is 17.9. The highest BCUT2D eigenvalue weighted by Gasteiger charge is 2.14. The Morgan fingerprint density at radius 1 is 1.38 bits per heavy atom. The molecule has 21 heavy (non-hydrogen) atoms. The standard InChI is InChI=1S/C15H26N2O3S/c1-5-17(21(4,19)20)10-6-9-16-13(3)14-11-12(2)7-8-15(14)18/h7-8,11,13,16,18H,5-6,9-10H2,1-4H3. The molecule has 0 heterocycles. The van der Waals surface area contributed by atoms with Crippen LogP contribution in [0.4, 0.5) is 0 Å². The molecule has 1 aromatic carbocycles. The van der Waals surface area contributed by atoms with Gasteiger partial charge < -0.3 is 10.4 Å². The van der Waals surface area contributed by atoms with E-state index in [1.54, 1.807) is 6.07 Å². The topological polar surface area (TPSA) is 69.6 Å². The molecule has 1 aromatic rings. The van der Waals surface area contributed by atoms with Gasteiger partial charge in [0.05, 0.1) is 6.26 Å². The van der Waals surface area contributed by atoms with Gasteiger partial charge in [-0.1, -0.05) is 24.6 Å². The van der Waals surface area contributed by atoms with Gasteiger partial charge in [0.15, 0.2) is 0 Å². The van der Waals surface area contributed by atoms with E-state index < -0.39 is 10.0 Å². The van der Waals surface area contributed by atoms with E-state index in [0.717, 1.165) is 17.5 Å². The summed E-state index contributed by atoms with van der Waals surface area (Å²) >= 11 is 0. The second kappa shape index (κ2) is 7.77. The van der Waals surface area contributed by atoms with Crippen LogP contribution in [-0.4, -0.2) is 43.7 Å². The van der Waals surface area contributed by atoms with Gasteiger partial charge in [-0.2, -0.15) is 0 Å². The number of nitrogens with one attached hydrogen (secondary N) is 1. The zero-order valence-corrected chi connectivity index (χ0v) is 14.1. The fourth-order valence-electron chi connectivity index (χ4n) is 2.26. The Kier molecular flexibility index (Phi) is 6.64. The Labute approximate surface area is 128 Å². The number of hydrogen-bond acceptors (Lipinski definition) is 4. The highest BCUT2D eigenvalue weighted by molar-refractivity contribution is 7.88. The first-order valence-electron chi connectivity index (χ1n) is 7.23. The number of phenolic OH excluding ortho intramolecular Hbond substituents is 1. The number of rotatable bonds is 8. The predicted molar refractivity (Wildman–Crippen MR) is 86.0 cm³/mol. The molecule has 0 spiro atoms. The maximum atomic E-state index is 11.5. The van der Waals surface area contributed by atoms with Gasteiger partial charge in [0.2, 0.25) is 10.0 Å². The maximum Gasteiger partial charge on any atom is 0.211 e. The lowest BCUT2D eigenvalue weighted by molar-refractivity contribution is 0.410. The van der Waals surface area contributed by atoms with Gasteiger partial charge in [-0.3, -0.25) is 0 Å². The molecule has 0 aliphatic rings. The third kappa shape index (κ3) is 5.65. The minimum absolute atomic E-state index is 0.0261. The van der Waals surface area contributed by atoms with E-state index in [4.69, 9.17) is 0 Å². The summed E-state index contributed by atoms with van der Waals surface area (Å²) in [5, 5.41) is 13.2. The van der Waals surface area contributed by atoms with Crippen molar-refractivity contribution in [3.05, 3.63) is 29.3 Å². The van der Waals surface area contributed by atoms with E-state index in [1.807, 2.05) is 32.9 Å². The summed E-state index contributed by atoms with van der Waals surface area (Å²) < 4.78 is 24.4. The van der Waals surface area contributed by atoms with Crippen LogP contribution in [0.2, 0.25) is 0 Å². The Bertz CT molecular complexity index is 558. The van der Waals surface area contributed by atoms with E-state index in [9.17, 15) is 13.5 Å². The molecule has 1 unspecified atom stereocenters. The number of sulfonamides is 1. The summed E-state index contributed by atoms with van der Waals surface area (Å²) in [6.07, 6.45) is 1.97. The van der Waals surface area contributed by atoms with Crippen molar-refractivity contribution in [2.75, 3.05) is 25.9 Å². The number of aromatic hydroxyl groups is 1. The molecule has 1 rings (SSSR count). The fraction of sp³-hybridized carbons (Fsp3) is 0.600. The zero-order chi connectivity index (χ0) is 16.0. The van der Waals surface area contributed by atoms with Crippen molar-refractivity contribution in [3.8, 4) is 5.75 Å². The Hall–Kier alpha value is -1.11. The quantitative estimate of drug-likeness (QED) is 0.720. The van der Waals surface area contributed by atoms with Crippen LogP contribution in [0.1, 0.15) is 37.4 Å². The lowest BCUT2D eigenvalue weighted by Crippen LogP contribution is -2.32. The number of nitrogens with zero attached hydrogens (tertiary/aromatic N) is 1. The molecule has 0 radical (unpaired) electrons. The Morgan fingerprint density at radius 3 is 2.62 bits per heavy atom. The SMILES string of the molecule is CCN(CCCNC(C)c1cc(C)ccc1O)S(C)(=O)=O. The molecule has 0 fully saturated rings. The van der Waals surface area contributed by atoms with Gasteiger partial charge in [-0.05, 0) is 32.9 Å². The molecule has 0 aliphatic carbocycles. The maximum absolute atomic E-state index is 11.5. The zero-order valence-electron chi connectivity index (χ0n) is 13.3. The van der Waals surface area contributed by atoms with Crippen molar-refractivity contribution in [3.63, 3.8) is 0 Å². The third-order valence-corrected chi connectivity index (χ3v) is 4.88. The van der Waals surface area contributed by atoms with Crippen molar-refractivity contribution in [1.29, 1.82) is 0 Å². The molecule has 0 saturated carbocycles. The van der Waals surface area contributed by atoms with E-state index >= 15 is 0 Å². The van der Waals surface area contributed by atoms with Crippen LogP contribution in [0.15, 0.2) is 18.2 Å². The number of benzene rings is 1. The normalized spacial score (nSPS) is 13.6. The van der Waals surface area contributed by atoms with Gasteiger partial charge >= 0.3 is 0 Å². The average molecular weight is 314 g/mol. The van der Waals surface area contributed by atoms with E-state index in [0.29, 0.717) is 19.6 Å². The molecule has 6 heteroatoms. The third-order valence-electron chi connectivity index (χ3n) is 3.51. The second-order valence-corrected chi connectivity index (χ2v) is 7.33. The van der Waals surface area contributed by atoms with Crippen molar-refractivity contribution in [1.82, 2.24) is 9.62 Å². The number of aryl methyl sites for hydroxylation is 1. The molecule has 120 valence electrons. The van der Waals surface area contributed by atoms with Gasteiger partial charge in [-0.15, -0.1) is 0 Å². The summed E-state index contributed by atoms with van der Waals surface area (Å²) in [5.74, 6) is 0.284. The van der Waals surface area contributed by atoms with Crippen LogP contribution in [0, 0.1) is 6.92 Å². The van der Waals surface area contributed by atoms with Crippen LogP contribution in [-0.2, 0) is 10.0 Å². The molecule has 2 N–H and O–H groups in total. The van der Waals surface area contributed by atoms with Crippen molar-refractivity contribution in [2.45, 2.75) is 33.2 Å². The molecule has 5 nitrogen and oxygen atoms in total. The highest BCUT2D eigenvalue weighted by atomic mass is 32.2. The molecule has 0 bridgehead atoms. The largest absolute Gasteiger partial charge is 0.508 e. The molecule has 0 aliphatic heterocycles. The number of hydrogen-bond donors (Lipinski definition) is 2. The smallest absolute Gasteiger partial charge is 0.211 e. The monoisotopic (exact) mass is 314 g/mol. The van der Waals surface area contributed by atoms with E-state index in [2.05, 4.69) is 5.32 Å². The molecule has 1 atom stereocenters. The summed E-state index contributed by atoms with van der Waals surface area (Å²) in [6.45, 7) is 7.51. The van der Waals surface area contributed by atoms with Gasteiger partial charge in [0.1, 0.15) is 5.75 Å². The lowest BCUT2D eigenvalue weighted by Gasteiger charge is -2.19. The minimum Gasteiger partial charge on any atom is -0.508 e. The van der Waals surface area contributed by atoms with E-state index in [-0.39, 0.29) is 11.8 Å². The van der Waals surface area contributed by atoms with Crippen molar-refractivity contribution < 1.29 is 13.5 Å². The lowest BCUT2D eigenvalue weighted by atomic mass is 10.0. The number of phenols is 1. The van der Waals surface area contributed by atoms with Gasteiger partial charge in [0, 0.05) is 24.7 Å². The average Bonchev–Trinajstić information content (AvgIpc) is 2.39. The van der Waals surface area contributed by atoms with Crippen molar-refractivity contribution in [2.24, 2.45) is 0 Å². The molecule has 0 saturated heterocycles. The van der Waals surface area contributed by atoms with Gasteiger partial charge in [-0.25, -0.2) is 12.7 Å². The van der Waals surface area contributed by atoms with Crippen molar-refractivity contribution >= 4 is 10.0 Å². The molecular formula is C15H26N2O3S. The highest BCUT2D eigenvalue weighted by Crippen LogP contribution is 2.24.